The normalized spacial score (nSPS) is 17.7. The molecule has 1 radical (unpaired) electrons. The number of hydrogen-bond donors (Lipinski definition) is 0. The predicted molar refractivity (Wildman–Crippen MR) is 63.7 cm³/mol. The minimum Gasteiger partial charge on any atom is -0.305 e. The number of hydrogen-bond acceptors (Lipinski definition) is 2. The molecule has 1 aliphatic heterocycles. The molecule has 0 atom stereocenters. The van der Waals surface area contributed by atoms with Crippen molar-refractivity contribution in [3.63, 3.8) is 0 Å². The molecule has 0 aromatic heterocycles. The molecule has 0 amide bonds. The summed E-state index contributed by atoms with van der Waals surface area (Å²) in [7, 11) is 0. The van der Waals surface area contributed by atoms with Crippen molar-refractivity contribution in [1.29, 1.82) is 0 Å². The molecule has 1 aliphatic rings. The number of anilines is 1. The van der Waals surface area contributed by atoms with E-state index < -0.39 is 0 Å². The first kappa shape index (κ1) is 10.5. The standard InChI is InChI=1S/C13H19N2/c1-2-15(13-9-5-3-6-10-13)14-11-7-4-8-12-14/h3,5-6,9H,2,4,7-8,11-12H2,1H3. The van der Waals surface area contributed by atoms with Crippen molar-refractivity contribution in [2.24, 2.45) is 0 Å². The van der Waals surface area contributed by atoms with Crippen molar-refractivity contribution in [3.05, 3.63) is 30.3 Å². The fourth-order valence-electron chi connectivity index (χ4n) is 2.19. The fourth-order valence-corrected chi connectivity index (χ4v) is 2.19. The summed E-state index contributed by atoms with van der Waals surface area (Å²) in [6, 6.07) is 11.5. The van der Waals surface area contributed by atoms with E-state index in [4.69, 9.17) is 0 Å². The van der Waals surface area contributed by atoms with Crippen molar-refractivity contribution in [3.8, 4) is 0 Å². The van der Waals surface area contributed by atoms with Gasteiger partial charge in [-0.2, -0.15) is 0 Å². The van der Waals surface area contributed by atoms with E-state index >= 15 is 0 Å². The maximum atomic E-state index is 3.30. The van der Waals surface area contributed by atoms with Gasteiger partial charge in [0.25, 0.3) is 0 Å². The van der Waals surface area contributed by atoms with Crippen LogP contribution in [-0.2, 0) is 0 Å². The Morgan fingerprint density at radius 1 is 1.27 bits per heavy atom. The maximum Gasteiger partial charge on any atom is 0.0601 e. The van der Waals surface area contributed by atoms with E-state index in [1.165, 1.54) is 38.0 Å². The Balaban J connectivity index is 2.09. The van der Waals surface area contributed by atoms with Crippen LogP contribution >= 0.6 is 0 Å². The molecule has 0 unspecified atom stereocenters. The third kappa shape index (κ3) is 2.51. The Bertz CT molecular complexity index is 278. The molecule has 0 spiro atoms. The third-order valence-corrected chi connectivity index (χ3v) is 2.94. The molecule has 0 aliphatic carbocycles. The lowest BCUT2D eigenvalue weighted by atomic mass is 10.1. The van der Waals surface area contributed by atoms with Crippen LogP contribution in [0.1, 0.15) is 26.2 Å². The Labute approximate surface area is 92.5 Å². The van der Waals surface area contributed by atoms with Crippen molar-refractivity contribution in [1.82, 2.24) is 5.01 Å². The van der Waals surface area contributed by atoms with Gasteiger partial charge in [-0.1, -0.05) is 24.6 Å². The monoisotopic (exact) mass is 203 g/mol. The van der Waals surface area contributed by atoms with Gasteiger partial charge in [-0.25, -0.2) is 5.01 Å². The molecular formula is C13H19N2. The van der Waals surface area contributed by atoms with Gasteiger partial charge in [0.2, 0.25) is 0 Å². The molecule has 1 heterocycles. The summed E-state index contributed by atoms with van der Waals surface area (Å²) in [4.78, 5) is 0. The summed E-state index contributed by atoms with van der Waals surface area (Å²) >= 11 is 0. The average molecular weight is 203 g/mol. The first-order chi connectivity index (χ1) is 7.42. The van der Waals surface area contributed by atoms with E-state index in [-0.39, 0.29) is 0 Å². The number of rotatable bonds is 3. The lowest BCUT2D eigenvalue weighted by molar-refractivity contribution is 0.210. The highest BCUT2D eigenvalue weighted by Gasteiger charge is 2.16. The second kappa shape index (κ2) is 5.17. The molecule has 1 fully saturated rings. The summed E-state index contributed by atoms with van der Waals surface area (Å²) in [5, 5.41) is 4.80. The van der Waals surface area contributed by atoms with Gasteiger partial charge in [0.05, 0.1) is 5.69 Å². The number of benzene rings is 1. The topological polar surface area (TPSA) is 6.48 Å². The zero-order valence-corrected chi connectivity index (χ0v) is 9.45. The van der Waals surface area contributed by atoms with Crippen LogP contribution in [0, 0.1) is 6.07 Å². The molecule has 1 aromatic rings. The molecule has 2 nitrogen and oxygen atoms in total. The second-order valence-electron chi connectivity index (χ2n) is 3.98. The summed E-state index contributed by atoms with van der Waals surface area (Å²) < 4.78 is 0. The van der Waals surface area contributed by atoms with Crippen LogP contribution in [0.2, 0.25) is 0 Å². The minimum absolute atomic E-state index is 1.03. The van der Waals surface area contributed by atoms with E-state index in [9.17, 15) is 0 Å². The lowest BCUT2D eigenvalue weighted by Crippen LogP contribution is -2.45. The maximum absolute atomic E-state index is 3.30. The highest BCUT2D eigenvalue weighted by Crippen LogP contribution is 2.18. The largest absolute Gasteiger partial charge is 0.305 e. The van der Waals surface area contributed by atoms with Crippen LogP contribution in [0.3, 0.4) is 0 Å². The summed E-state index contributed by atoms with van der Waals surface area (Å²) in [5.74, 6) is 0. The van der Waals surface area contributed by atoms with Crippen molar-refractivity contribution >= 4 is 5.69 Å². The molecule has 0 bridgehead atoms. The molecule has 0 N–H and O–H groups in total. The van der Waals surface area contributed by atoms with Gasteiger partial charge >= 0.3 is 0 Å². The lowest BCUT2D eigenvalue weighted by Gasteiger charge is -2.38. The van der Waals surface area contributed by atoms with Crippen LogP contribution in [0.4, 0.5) is 5.69 Å². The smallest absolute Gasteiger partial charge is 0.0601 e. The van der Waals surface area contributed by atoms with E-state index in [0.717, 1.165) is 6.54 Å². The number of hydrazine groups is 1. The van der Waals surface area contributed by atoms with Crippen LogP contribution < -0.4 is 5.01 Å². The Kier molecular flexibility index (Phi) is 3.62. The van der Waals surface area contributed by atoms with E-state index in [2.05, 4.69) is 35.1 Å². The van der Waals surface area contributed by atoms with Crippen molar-refractivity contribution < 1.29 is 0 Å². The molecule has 1 saturated heterocycles. The Morgan fingerprint density at radius 2 is 2.07 bits per heavy atom. The highest BCUT2D eigenvalue weighted by molar-refractivity contribution is 5.43. The summed E-state index contributed by atoms with van der Waals surface area (Å²) in [6.45, 7) is 5.61. The van der Waals surface area contributed by atoms with Gasteiger partial charge in [0.15, 0.2) is 0 Å². The molecule has 2 heteroatoms. The van der Waals surface area contributed by atoms with Gasteiger partial charge in [0, 0.05) is 25.7 Å². The predicted octanol–water partition coefficient (Wildman–Crippen LogP) is 2.71. The van der Waals surface area contributed by atoms with Gasteiger partial charge in [-0.3, -0.25) is 0 Å². The summed E-state index contributed by atoms with van der Waals surface area (Å²) in [6.07, 6.45) is 4.03. The third-order valence-electron chi connectivity index (χ3n) is 2.94. The van der Waals surface area contributed by atoms with Crippen molar-refractivity contribution in [2.45, 2.75) is 26.2 Å². The zero-order chi connectivity index (χ0) is 10.5. The second-order valence-corrected chi connectivity index (χ2v) is 3.98. The van der Waals surface area contributed by atoms with Crippen LogP contribution in [-0.4, -0.2) is 24.6 Å². The van der Waals surface area contributed by atoms with Gasteiger partial charge in [0.1, 0.15) is 0 Å². The molecule has 81 valence electrons. The van der Waals surface area contributed by atoms with E-state index in [0.29, 0.717) is 0 Å². The van der Waals surface area contributed by atoms with E-state index in [1.807, 2.05) is 12.1 Å². The first-order valence-electron chi connectivity index (χ1n) is 5.91. The van der Waals surface area contributed by atoms with Crippen LogP contribution in [0.5, 0.6) is 0 Å². The van der Waals surface area contributed by atoms with Crippen LogP contribution in [0.15, 0.2) is 24.3 Å². The van der Waals surface area contributed by atoms with Crippen molar-refractivity contribution in [2.75, 3.05) is 24.6 Å². The zero-order valence-electron chi connectivity index (χ0n) is 9.45. The average Bonchev–Trinajstić information content (AvgIpc) is 2.33. The Hall–Kier alpha value is -1.02. The van der Waals surface area contributed by atoms with Gasteiger partial charge < -0.3 is 5.01 Å². The van der Waals surface area contributed by atoms with Gasteiger partial charge in [-0.05, 0) is 25.8 Å². The molecule has 1 aromatic carbocycles. The fraction of sp³-hybridized carbons (Fsp3) is 0.538. The highest BCUT2D eigenvalue weighted by atomic mass is 15.6. The molecule has 0 saturated carbocycles. The molecule has 15 heavy (non-hydrogen) atoms. The Morgan fingerprint density at radius 3 is 2.67 bits per heavy atom. The quantitative estimate of drug-likeness (QED) is 0.745. The molecule has 2 rings (SSSR count). The summed E-state index contributed by atoms with van der Waals surface area (Å²) in [5.41, 5.74) is 1.20. The number of nitrogens with zero attached hydrogens (tertiary/aromatic N) is 2. The number of piperidine rings is 1. The SMILES string of the molecule is CCN(c1[c]cccc1)N1CCCCC1. The van der Waals surface area contributed by atoms with E-state index in [1.54, 1.807) is 0 Å². The van der Waals surface area contributed by atoms with Crippen LogP contribution in [0.25, 0.3) is 0 Å². The first-order valence-corrected chi connectivity index (χ1v) is 5.91. The number of para-hydroxylation sites is 1. The van der Waals surface area contributed by atoms with Gasteiger partial charge in [-0.15, -0.1) is 0 Å². The minimum atomic E-state index is 1.03. The molecular weight excluding hydrogens is 184 g/mol.